The first-order chi connectivity index (χ1) is 11.2. The van der Waals surface area contributed by atoms with Gasteiger partial charge < -0.3 is 4.74 Å². The van der Waals surface area contributed by atoms with Crippen molar-refractivity contribution in [2.75, 3.05) is 6.61 Å². The van der Waals surface area contributed by atoms with Gasteiger partial charge in [-0.05, 0) is 75.2 Å². The molecule has 1 heterocycles. The van der Waals surface area contributed by atoms with Crippen LogP contribution in [0.25, 0.3) is 0 Å². The molecule has 1 aliphatic heterocycles. The van der Waals surface area contributed by atoms with E-state index in [1.54, 1.807) is 0 Å². The smallest absolute Gasteiger partial charge is 0.0825 e. The third kappa shape index (κ3) is 4.70. The van der Waals surface area contributed by atoms with Crippen molar-refractivity contribution in [1.82, 2.24) is 0 Å². The lowest BCUT2D eigenvalue weighted by Crippen LogP contribution is -2.22. The molecule has 0 N–H and O–H groups in total. The van der Waals surface area contributed by atoms with Crippen LogP contribution in [0.3, 0.4) is 0 Å². The quantitative estimate of drug-likeness (QED) is 0.585. The molecule has 1 heteroatoms. The Balaban J connectivity index is 1.38. The molecule has 1 aromatic rings. The van der Waals surface area contributed by atoms with Crippen LogP contribution in [0.4, 0.5) is 0 Å². The molecule has 1 nitrogen and oxygen atoms in total. The van der Waals surface area contributed by atoms with Gasteiger partial charge in [-0.2, -0.15) is 0 Å². The van der Waals surface area contributed by atoms with Crippen molar-refractivity contribution in [2.24, 2.45) is 17.8 Å². The maximum atomic E-state index is 6.18. The van der Waals surface area contributed by atoms with Gasteiger partial charge in [-0.3, -0.25) is 0 Å². The summed E-state index contributed by atoms with van der Waals surface area (Å²) in [6.07, 6.45) is 13.3. The fourth-order valence-electron chi connectivity index (χ4n) is 4.26. The molecular formula is C22H32O. The van der Waals surface area contributed by atoms with Crippen molar-refractivity contribution >= 4 is 0 Å². The summed E-state index contributed by atoms with van der Waals surface area (Å²) < 4.78 is 6.18. The Bertz CT molecular complexity index is 473. The van der Waals surface area contributed by atoms with Gasteiger partial charge in [0.05, 0.1) is 12.7 Å². The molecule has 0 aromatic heterocycles. The first kappa shape index (κ1) is 16.8. The number of allylic oxidation sites excluding steroid dienone is 1. The van der Waals surface area contributed by atoms with E-state index in [9.17, 15) is 0 Å². The molecule has 0 spiro atoms. The SMILES string of the molecule is C=CC1CCC(CCC2CCC(c3ccc(C)cc3)OC2)CC1. The highest BCUT2D eigenvalue weighted by Gasteiger charge is 2.25. The van der Waals surface area contributed by atoms with Gasteiger partial charge in [0.15, 0.2) is 0 Å². The van der Waals surface area contributed by atoms with Crippen LogP contribution in [0.5, 0.6) is 0 Å². The van der Waals surface area contributed by atoms with Crippen LogP contribution in [-0.2, 0) is 4.74 Å². The largest absolute Gasteiger partial charge is 0.373 e. The Morgan fingerprint density at radius 3 is 2.22 bits per heavy atom. The Hall–Kier alpha value is -1.08. The van der Waals surface area contributed by atoms with E-state index < -0.39 is 0 Å². The summed E-state index contributed by atoms with van der Waals surface area (Å²) in [6, 6.07) is 8.87. The summed E-state index contributed by atoms with van der Waals surface area (Å²) in [5.41, 5.74) is 2.69. The summed E-state index contributed by atoms with van der Waals surface area (Å²) >= 11 is 0. The van der Waals surface area contributed by atoms with Crippen LogP contribution >= 0.6 is 0 Å². The van der Waals surface area contributed by atoms with Gasteiger partial charge in [0, 0.05) is 0 Å². The maximum absolute atomic E-state index is 6.18. The molecule has 0 radical (unpaired) electrons. The fourth-order valence-corrected chi connectivity index (χ4v) is 4.26. The molecule has 1 saturated heterocycles. The summed E-state index contributed by atoms with van der Waals surface area (Å²) in [5, 5.41) is 0. The number of hydrogen-bond acceptors (Lipinski definition) is 1. The zero-order valence-electron chi connectivity index (χ0n) is 14.7. The molecule has 2 atom stereocenters. The molecule has 0 amide bonds. The van der Waals surface area contributed by atoms with E-state index in [2.05, 4.69) is 43.8 Å². The highest BCUT2D eigenvalue weighted by molar-refractivity contribution is 5.23. The van der Waals surface area contributed by atoms with E-state index in [1.807, 2.05) is 0 Å². The molecule has 2 aliphatic rings. The topological polar surface area (TPSA) is 9.23 Å². The van der Waals surface area contributed by atoms with Gasteiger partial charge >= 0.3 is 0 Å². The first-order valence-electron chi connectivity index (χ1n) is 9.55. The molecule has 1 aliphatic carbocycles. The van der Waals surface area contributed by atoms with Crippen LogP contribution in [0.15, 0.2) is 36.9 Å². The molecule has 1 saturated carbocycles. The van der Waals surface area contributed by atoms with Crippen molar-refractivity contribution in [3.8, 4) is 0 Å². The number of ether oxygens (including phenoxy) is 1. The van der Waals surface area contributed by atoms with E-state index in [4.69, 9.17) is 4.74 Å². The van der Waals surface area contributed by atoms with Gasteiger partial charge in [0.2, 0.25) is 0 Å². The zero-order valence-corrected chi connectivity index (χ0v) is 14.7. The predicted molar refractivity (Wildman–Crippen MR) is 97.5 cm³/mol. The summed E-state index contributed by atoms with van der Waals surface area (Å²) in [7, 11) is 0. The second-order valence-electron chi connectivity index (χ2n) is 7.77. The van der Waals surface area contributed by atoms with Crippen molar-refractivity contribution in [1.29, 1.82) is 0 Å². The molecule has 0 bridgehead atoms. The summed E-state index contributed by atoms with van der Waals surface area (Å²) in [6.45, 7) is 7.05. The highest BCUT2D eigenvalue weighted by atomic mass is 16.5. The fraction of sp³-hybridized carbons (Fsp3) is 0.636. The van der Waals surface area contributed by atoms with Crippen molar-refractivity contribution in [3.05, 3.63) is 48.0 Å². The van der Waals surface area contributed by atoms with Crippen LogP contribution in [0.2, 0.25) is 0 Å². The second-order valence-corrected chi connectivity index (χ2v) is 7.77. The third-order valence-electron chi connectivity index (χ3n) is 6.03. The van der Waals surface area contributed by atoms with Crippen LogP contribution < -0.4 is 0 Å². The predicted octanol–water partition coefficient (Wildman–Crippen LogP) is 6.24. The van der Waals surface area contributed by atoms with Gasteiger partial charge in [-0.15, -0.1) is 6.58 Å². The van der Waals surface area contributed by atoms with Crippen molar-refractivity contribution in [3.63, 3.8) is 0 Å². The number of hydrogen-bond donors (Lipinski definition) is 0. The van der Waals surface area contributed by atoms with E-state index >= 15 is 0 Å². The summed E-state index contributed by atoms with van der Waals surface area (Å²) in [4.78, 5) is 0. The van der Waals surface area contributed by atoms with Gasteiger partial charge in [-0.25, -0.2) is 0 Å². The minimum absolute atomic E-state index is 0.329. The molecule has 2 fully saturated rings. The Labute approximate surface area is 142 Å². The van der Waals surface area contributed by atoms with Crippen LogP contribution in [0.1, 0.15) is 68.6 Å². The van der Waals surface area contributed by atoms with E-state index in [0.29, 0.717) is 6.10 Å². The van der Waals surface area contributed by atoms with Gasteiger partial charge in [0.25, 0.3) is 0 Å². The average molecular weight is 312 g/mol. The van der Waals surface area contributed by atoms with Crippen LogP contribution in [-0.4, -0.2) is 6.61 Å². The molecule has 23 heavy (non-hydrogen) atoms. The lowest BCUT2D eigenvalue weighted by atomic mass is 9.78. The summed E-state index contributed by atoms with van der Waals surface area (Å²) in [5.74, 6) is 2.54. The third-order valence-corrected chi connectivity index (χ3v) is 6.03. The normalized spacial score (nSPS) is 31.7. The number of benzene rings is 1. The molecule has 126 valence electrons. The maximum Gasteiger partial charge on any atom is 0.0825 e. The lowest BCUT2D eigenvalue weighted by Gasteiger charge is -2.32. The Morgan fingerprint density at radius 1 is 0.957 bits per heavy atom. The second kappa shape index (κ2) is 8.15. The van der Waals surface area contributed by atoms with Crippen LogP contribution in [0, 0.1) is 24.7 Å². The highest BCUT2D eigenvalue weighted by Crippen LogP contribution is 2.36. The van der Waals surface area contributed by atoms with E-state index in [-0.39, 0.29) is 0 Å². The van der Waals surface area contributed by atoms with Gasteiger partial charge in [-0.1, -0.05) is 42.3 Å². The number of rotatable bonds is 5. The Morgan fingerprint density at radius 2 is 1.61 bits per heavy atom. The first-order valence-corrected chi connectivity index (χ1v) is 9.55. The molecule has 1 aromatic carbocycles. The van der Waals surface area contributed by atoms with E-state index in [0.717, 1.165) is 24.4 Å². The molecule has 2 unspecified atom stereocenters. The average Bonchev–Trinajstić information content (AvgIpc) is 2.61. The number of aryl methyl sites for hydroxylation is 1. The van der Waals surface area contributed by atoms with Crippen molar-refractivity contribution < 1.29 is 4.74 Å². The Kier molecular flexibility index (Phi) is 5.94. The molecular weight excluding hydrogens is 280 g/mol. The lowest BCUT2D eigenvalue weighted by molar-refractivity contribution is -0.0211. The standard InChI is InChI=1S/C22H32O/c1-3-18-6-8-19(9-7-18)10-11-20-12-15-22(23-16-20)21-13-4-17(2)5-14-21/h3-5,13-14,18-20,22H,1,6-12,15-16H2,2H3. The zero-order chi connectivity index (χ0) is 16.1. The van der Waals surface area contributed by atoms with Crippen molar-refractivity contribution in [2.45, 2.75) is 64.4 Å². The monoisotopic (exact) mass is 312 g/mol. The van der Waals surface area contributed by atoms with Gasteiger partial charge in [0.1, 0.15) is 0 Å². The van der Waals surface area contributed by atoms with E-state index in [1.165, 1.54) is 62.5 Å². The minimum atomic E-state index is 0.329. The minimum Gasteiger partial charge on any atom is -0.373 e. The molecule has 3 rings (SSSR count).